The van der Waals surface area contributed by atoms with Crippen LogP contribution in [0.3, 0.4) is 0 Å². The van der Waals surface area contributed by atoms with E-state index in [2.05, 4.69) is 71.0 Å². The summed E-state index contributed by atoms with van der Waals surface area (Å²) in [5.41, 5.74) is 5.05. The number of anilines is 1. The van der Waals surface area contributed by atoms with Crippen LogP contribution in [0.4, 0.5) is 5.69 Å². The molecule has 0 spiro atoms. The van der Waals surface area contributed by atoms with Gasteiger partial charge in [0.15, 0.2) is 0 Å². The molecule has 1 aliphatic rings. The van der Waals surface area contributed by atoms with Crippen LogP contribution in [-0.4, -0.2) is 39.3 Å². The van der Waals surface area contributed by atoms with Gasteiger partial charge in [0.25, 0.3) is 0 Å². The van der Waals surface area contributed by atoms with Crippen molar-refractivity contribution in [2.24, 2.45) is 0 Å². The summed E-state index contributed by atoms with van der Waals surface area (Å²) in [5.74, 6) is 0. The van der Waals surface area contributed by atoms with Gasteiger partial charge in [0.2, 0.25) is 0 Å². The van der Waals surface area contributed by atoms with E-state index in [9.17, 15) is 4.80 Å². The summed E-state index contributed by atoms with van der Waals surface area (Å²) in [6.07, 6.45) is 4.94. The quantitative estimate of drug-likeness (QED) is 0.403. The first-order valence-corrected chi connectivity index (χ1v) is 12.6. The second kappa shape index (κ2) is 10.7. The second-order valence-corrected chi connectivity index (χ2v) is 8.77. The maximum atomic E-state index is 10.1. The molecule has 5 nitrogen and oxygen atoms in total. The summed E-state index contributed by atoms with van der Waals surface area (Å²) in [7, 11) is 4.64. The average Bonchev–Trinajstić information content (AvgIpc) is 3.04. The van der Waals surface area contributed by atoms with Gasteiger partial charge in [0, 0.05) is 26.0 Å². The van der Waals surface area contributed by atoms with Crippen LogP contribution in [0.2, 0.25) is 6.04 Å². The predicted molar refractivity (Wildman–Crippen MR) is 101 cm³/mol. The number of aryl methyl sites for hydroxylation is 3. The SMILES string of the molecule is CO[Si](O)(CCCN1C=CN(c2c(C)cc(C)cc2C)[CH-]1)OC.[Cl][Au]. The Morgan fingerprint density at radius 3 is 2.20 bits per heavy atom. The molecule has 0 saturated carbocycles. The first-order chi connectivity index (χ1) is 11.9. The molecule has 1 aromatic rings. The third kappa shape index (κ3) is 6.41. The van der Waals surface area contributed by atoms with Crippen LogP contribution >= 0.6 is 9.19 Å². The molecule has 0 bridgehead atoms. The Balaban J connectivity index is 0.00000151. The minimum atomic E-state index is -2.95. The summed E-state index contributed by atoms with van der Waals surface area (Å²) >= 11 is 1.75. The molecule has 0 aromatic heterocycles. The normalized spacial score (nSPS) is 14.0. The standard InChI is InChI=1S/C17H27N2O3Si.Au.ClH/c1-14-11-15(2)17(16(3)12-14)19-9-8-18(13-19)7-6-10-23(20,21-4)22-5;;/h8-9,11-13,20H,6-7,10H2,1-5H3;;1H/q-1;+1;/p-1. The van der Waals surface area contributed by atoms with Crippen LogP contribution in [0.1, 0.15) is 23.1 Å². The molecule has 1 aromatic carbocycles. The number of halogens is 1. The van der Waals surface area contributed by atoms with Gasteiger partial charge in [0.1, 0.15) is 0 Å². The molecule has 2 rings (SSSR count). The van der Waals surface area contributed by atoms with Gasteiger partial charge in [-0.2, -0.15) is 6.67 Å². The summed E-state index contributed by atoms with van der Waals surface area (Å²) in [6, 6.07) is 4.96. The zero-order valence-corrected chi connectivity index (χ0v) is 19.3. The first kappa shape index (κ1) is 22.7. The molecule has 1 heterocycles. The molecule has 146 valence electrons. The second-order valence-electron chi connectivity index (χ2n) is 6.03. The van der Waals surface area contributed by atoms with Gasteiger partial charge >= 0.3 is 38.0 Å². The van der Waals surface area contributed by atoms with Gasteiger partial charge in [-0.1, -0.05) is 17.7 Å². The molecule has 0 aliphatic carbocycles. The molecule has 1 aliphatic heterocycles. The Morgan fingerprint density at radius 2 is 1.68 bits per heavy atom. The van der Waals surface area contributed by atoms with E-state index in [1.165, 1.54) is 36.6 Å². The van der Waals surface area contributed by atoms with E-state index < -0.39 is 8.80 Å². The van der Waals surface area contributed by atoms with Crippen molar-refractivity contribution in [1.82, 2.24) is 4.90 Å². The van der Waals surface area contributed by atoms with Gasteiger partial charge in [-0.05, 0) is 57.3 Å². The van der Waals surface area contributed by atoms with Gasteiger partial charge in [-0.15, -0.1) is 0 Å². The van der Waals surface area contributed by atoms with Crippen LogP contribution in [0.5, 0.6) is 0 Å². The van der Waals surface area contributed by atoms with Crippen molar-refractivity contribution in [3.63, 3.8) is 0 Å². The van der Waals surface area contributed by atoms with Crippen molar-refractivity contribution >= 4 is 23.7 Å². The molecule has 0 saturated heterocycles. The van der Waals surface area contributed by atoms with Crippen molar-refractivity contribution in [2.45, 2.75) is 33.2 Å². The summed E-state index contributed by atoms with van der Waals surface area (Å²) in [6.45, 7) is 9.31. The van der Waals surface area contributed by atoms with Crippen LogP contribution in [-0.2, 0) is 28.8 Å². The Morgan fingerprint density at radius 1 is 1.12 bits per heavy atom. The topological polar surface area (TPSA) is 45.2 Å². The number of nitrogens with zero attached hydrogens (tertiary/aromatic N) is 2. The summed E-state index contributed by atoms with van der Waals surface area (Å²) in [5, 5.41) is 0. The molecule has 0 amide bonds. The van der Waals surface area contributed by atoms with Gasteiger partial charge < -0.3 is 23.4 Å². The zero-order valence-electron chi connectivity index (χ0n) is 15.3. The molecule has 0 radical (unpaired) electrons. The molecule has 0 unspecified atom stereocenters. The number of hydrogen-bond acceptors (Lipinski definition) is 5. The molecule has 0 fully saturated rings. The molecule has 25 heavy (non-hydrogen) atoms. The Hall–Kier alpha value is -0.313. The monoisotopic (exact) mass is 567 g/mol. The first-order valence-electron chi connectivity index (χ1n) is 7.98. The molecular formula is C17H27AuClN2O3Si-. The van der Waals surface area contributed by atoms with E-state index in [1.807, 2.05) is 0 Å². The van der Waals surface area contributed by atoms with E-state index in [1.54, 1.807) is 20.0 Å². The van der Waals surface area contributed by atoms with Crippen molar-refractivity contribution < 1.29 is 33.6 Å². The minimum absolute atomic E-state index is 0.556. The number of benzene rings is 1. The van der Waals surface area contributed by atoms with Gasteiger partial charge in [0.05, 0.1) is 0 Å². The third-order valence-electron chi connectivity index (χ3n) is 4.13. The fraction of sp³-hybridized carbons (Fsp3) is 0.471. The van der Waals surface area contributed by atoms with Crippen LogP contribution in [0.25, 0.3) is 0 Å². The zero-order chi connectivity index (χ0) is 19.0. The van der Waals surface area contributed by atoms with Crippen molar-refractivity contribution in [1.29, 1.82) is 0 Å². The van der Waals surface area contributed by atoms with E-state index in [-0.39, 0.29) is 0 Å². The van der Waals surface area contributed by atoms with E-state index in [0.717, 1.165) is 13.0 Å². The van der Waals surface area contributed by atoms with Gasteiger partial charge in [-0.3, -0.25) is 0 Å². The van der Waals surface area contributed by atoms with Crippen LogP contribution in [0.15, 0.2) is 24.5 Å². The number of hydrogen-bond donors (Lipinski definition) is 1. The van der Waals surface area contributed by atoms with E-state index >= 15 is 0 Å². The van der Waals surface area contributed by atoms with Crippen molar-refractivity contribution in [3.8, 4) is 0 Å². The molecular weight excluding hydrogens is 541 g/mol. The Kier molecular flexibility index (Phi) is 9.77. The summed E-state index contributed by atoms with van der Waals surface area (Å²) in [4.78, 5) is 14.3. The number of rotatable bonds is 7. The van der Waals surface area contributed by atoms with E-state index in [4.69, 9.17) is 8.85 Å². The average molecular weight is 568 g/mol. The summed E-state index contributed by atoms with van der Waals surface area (Å²) < 4.78 is 10.2. The van der Waals surface area contributed by atoms with Crippen LogP contribution in [0, 0.1) is 27.4 Å². The Bertz CT molecular complexity index is 562. The Labute approximate surface area is 168 Å². The predicted octanol–water partition coefficient (Wildman–Crippen LogP) is 3.63. The van der Waals surface area contributed by atoms with Crippen LogP contribution < -0.4 is 4.90 Å². The van der Waals surface area contributed by atoms with Gasteiger partial charge in [-0.25, -0.2) is 0 Å². The fourth-order valence-electron chi connectivity index (χ4n) is 3.01. The molecule has 8 heteroatoms. The fourth-order valence-corrected chi connectivity index (χ4v) is 4.19. The van der Waals surface area contributed by atoms with E-state index in [0.29, 0.717) is 6.04 Å². The third-order valence-corrected chi connectivity index (χ3v) is 6.39. The molecule has 1 N–H and O–H groups in total. The van der Waals surface area contributed by atoms with Crippen molar-refractivity contribution in [2.75, 3.05) is 25.7 Å². The van der Waals surface area contributed by atoms with Crippen molar-refractivity contribution in [3.05, 3.63) is 47.9 Å². The molecule has 0 atom stereocenters. The maximum absolute atomic E-state index is 10.1.